The number of benzene rings is 1. The summed E-state index contributed by atoms with van der Waals surface area (Å²) in [5.74, 6) is 0. The van der Waals surface area contributed by atoms with E-state index >= 15 is 0 Å². The van der Waals surface area contributed by atoms with Gasteiger partial charge < -0.3 is 5.32 Å². The first-order chi connectivity index (χ1) is 9.46. The monoisotopic (exact) mass is 314 g/mol. The number of likely N-dealkylation sites (N-methyl/N-ethyl adjacent to an activating group) is 1. The molecule has 2 rings (SSSR count). The Hall–Kier alpha value is -0.280. The molecule has 4 heteroatoms. The van der Waals surface area contributed by atoms with Crippen LogP contribution in [-0.2, 0) is 0 Å². The van der Waals surface area contributed by atoms with Crippen LogP contribution in [0.2, 0.25) is 10.0 Å². The van der Waals surface area contributed by atoms with Crippen LogP contribution >= 0.6 is 23.2 Å². The molecule has 0 aromatic heterocycles. The van der Waals surface area contributed by atoms with Crippen LogP contribution in [0.4, 0.5) is 0 Å². The van der Waals surface area contributed by atoms with Gasteiger partial charge in [0.05, 0.1) is 6.04 Å². The molecule has 2 nitrogen and oxygen atoms in total. The third kappa shape index (κ3) is 3.30. The lowest BCUT2D eigenvalue weighted by atomic mass is 9.87. The number of hydrogen-bond acceptors (Lipinski definition) is 2. The Balaban J connectivity index is 2.36. The average Bonchev–Trinajstić information content (AvgIpc) is 2.93. The van der Waals surface area contributed by atoms with Crippen molar-refractivity contribution in [3.8, 4) is 0 Å². The van der Waals surface area contributed by atoms with Crippen molar-refractivity contribution in [1.29, 1.82) is 0 Å². The van der Waals surface area contributed by atoms with Gasteiger partial charge in [-0.15, -0.1) is 0 Å². The normalized spacial score (nSPS) is 18.4. The van der Waals surface area contributed by atoms with Gasteiger partial charge in [0.15, 0.2) is 0 Å². The van der Waals surface area contributed by atoms with Gasteiger partial charge in [0.25, 0.3) is 0 Å². The zero-order valence-corrected chi connectivity index (χ0v) is 14.1. The van der Waals surface area contributed by atoms with Gasteiger partial charge >= 0.3 is 0 Å². The molecule has 1 aliphatic rings. The first kappa shape index (κ1) is 16.1. The maximum Gasteiger partial charge on any atom is 0.0517 e. The molecular weight excluding hydrogens is 291 g/mol. The number of nitrogens with zero attached hydrogens (tertiary/aromatic N) is 1. The zero-order chi connectivity index (χ0) is 14.8. The zero-order valence-electron chi connectivity index (χ0n) is 12.5. The molecule has 1 saturated heterocycles. The quantitative estimate of drug-likeness (QED) is 0.859. The fourth-order valence-corrected chi connectivity index (χ4v) is 3.56. The molecule has 1 aromatic rings. The van der Waals surface area contributed by atoms with Crippen LogP contribution < -0.4 is 5.32 Å². The van der Waals surface area contributed by atoms with Crippen LogP contribution in [0.3, 0.4) is 0 Å². The predicted octanol–water partition coefficient (Wildman–Crippen LogP) is 4.52. The largest absolute Gasteiger partial charge is 0.309 e. The molecule has 0 amide bonds. The molecule has 1 aromatic carbocycles. The fourth-order valence-electron chi connectivity index (χ4n) is 3.16. The molecule has 0 aliphatic carbocycles. The number of rotatable bonds is 5. The summed E-state index contributed by atoms with van der Waals surface area (Å²) in [6.07, 6.45) is 2.57. The molecule has 1 unspecified atom stereocenters. The first-order valence-corrected chi connectivity index (χ1v) is 8.15. The smallest absolute Gasteiger partial charge is 0.0517 e. The lowest BCUT2D eigenvalue weighted by molar-refractivity contribution is 0.107. The predicted molar refractivity (Wildman–Crippen MR) is 87.8 cm³/mol. The van der Waals surface area contributed by atoms with E-state index in [-0.39, 0.29) is 11.6 Å². The Morgan fingerprint density at radius 3 is 2.50 bits per heavy atom. The minimum Gasteiger partial charge on any atom is -0.309 e. The van der Waals surface area contributed by atoms with Crippen molar-refractivity contribution in [3.63, 3.8) is 0 Å². The molecule has 1 N–H and O–H groups in total. The summed E-state index contributed by atoms with van der Waals surface area (Å²) in [6, 6.07) is 5.91. The van der Waals surface area contributed by atoms with Crippen LogP contribution in [0.5, 0.6) is 0 Å². The van der Waals surface area contributed by atoms with Crippen molar-refractivity contribution in [1.82, 2.24) is 10.2 Å². The number of likely N-dealkylation sites (tertiary alicyclic amines) is 1. The maximum absolute atomic E-state index is 6.42. The lowest BCUT2D eigenvalue weighted by Crippen LogP contribution is -2.51. The van der Waals surface area contributed by atoms with E-state index in [0.717, 1.165) is 35.2 Å². The van der Waals surface area contributed by atoms with E-state index < -0.39 is 0 Å². The van der Waals surface area contributed by atoms with E-state index in [2.05, 4.69) is 31.0 Å². The summed E-state index contributed by atoms with van der Waals surface area (Å²) in [4.78, 5) is 2.55. The van der Waals surface area contributed by atoms with Gasteiger partial charge in [-0.1, -0.05) is 30.1 Å². The molecule has 0 saturated carbocycles. The highest BCUT2D eigenvalue weighted by Crippen LogP contribution is 2.37. The number of nitrogens with one attached hydrogen (secondary N) is 1. The molecule has 112 valence electrons. The molecule has 0 bridgehead atoms. The number of hydrogen-bond donors (Lipinski definition) is 1. The highest BCUT2D eigenvalue weighted by Gasteiger charge is 2.38. The van der Waals surface area contributed by atoms with Gasteiger partial charge in [0.1, 0.15) is 0 Å². The van der Waals surface area contributed by atoms with E-state index in [9.17, 15) is 0 Å². The molecule has 0 spiro atoms. The van der Waals surface area contributed by atoms with Gasteiger partial charge in [-0.3, -0.25) is 4.90 Å². The van der Waals surface area contributed by atoms with E-state index in [4.69, 9.17) is 23.2 Å². The third-order valence-electron chi connectivity index (χ3n) is 4.30. The second-order valence-electron chi connectivity index (χ2n) is 6.00. The maximum atomic E-state index is 6.42. The number of halogens is 2. The molecule has 1 atom stereocenters. The highest BCUT2D eigenvalue weighted by atomic mass is 35.5. The standard InChI is InChI=1S/C16H24Cl2N2/c1-4-19-15(13-11-12(17)7-8-14(13)18)16(2,3)20-9-5-6-10-20/h7-8,11,15,19H,4-6,9-10H2,1-3H3. The Labute approximate surface area is 132 Å². The highest BCUT2D eigenvalue weighted by molar-refractivity contribution is 6.33. The minimum atomic E-state index is 0.0147. The van der Waals surface area contributed by atoms with Gasteiger partial charge in [-0.05, 0) is 70.1 Å². The molecular formula is C16H24Cl2N2. The Bertz CT molecular complexity index is 454. The van der Waals surface area contributed by atoms with Crippen molar-refractivity contribution in [2.75, 3.05) is 19.6 Å². The van der Waals surface area contributed by atoms with Crippen molar-refractivity contribution in [2.45, 2.75) is 45.2 Å². The molecule has 20 heavy (non-hydrogen) atoms. The van der Waals surface area contributed by atoms with E-state index in [1.165, 1.54) is 12.8 Å². The first-order valence-electron chi connectivity index (χ1n) is 7.40. The van der Waals surface area contributed by atoms with Crippen LogP contribution in [0.15, 0.2) is 18.2 Å². The van der Waals surface area contributed by atoms with Crippen molar-refractivity contribution in [3.05, 3.63) is 33.8 Å². The van der Waals surface area contributed by atoms with Crippen LogP contribution in [0.1, 0.15) is 45.2 Å². The Morgan fingerprint density at radius 2 is 1.90 bits per heavy atom. The second-order valence-corrected chi connectivity index (χ2v) is 6.85. The van der Waals surface area contributed by atoms with E-state index in [1.54, 1.807) is 0 Å². The van der Waals surface area contributed by atoms with Gasteiger partial charge in [0.2, 0.25) is 0 Å². The van der Waals surface area contributed by atoms with Crippen LogP contribution in [0.25, 0.3) is 0 Å². The second kappa shape index (κ2) is 6.65. The molecule has 1 heterocycles. The lowest BCUT2D eigenvalue weighted by Gasteiger charge is -2.43. The Morgan fingerprint density at radius 1 is 1.25 bits per heavy atom. The SMILES string of the molecule is CCNC(c1cc(Cl)ccc1Cl)C(C)(C)N1CCCC1. The van der Waals surface area contributed by atoms with Gasteiger partial charge in [-0.25, -0.2) is 0 Å². The summed E-state index contributed by atoms with van der Waals surface area (Å²) in [7, 11) is 0. The fraction of sp³-hybridized carbons (Fsp3) is 0.625. The minimum absolute atomic E-state index is 0.0147. The summed E-state index contributed by atoms with van der Waals surface area (Å²) in [5, 5.41) is 5.12. The van der Waals surface area contributed by atoms with Crippen molar-refractivity contribution < 1.29 is 0 Å². The third-order valence-corrected chi connectivity index (χ3v) is 4.88. The summed E-state index contributed by atoms with van der Waals surface area (Å²) < 4.78 is 0. The topological polar surface area (TPSA) is 15.3 Å². The molecule has 1 fully saturated rings. The van der Waals surface area contributed by atoms with Crippen LogP contribution in [-0.4, -0.2) is 30.1 Å². The van der Waals surface area contributed by atoms with Gasteiger partial charge in [0, 0.05) is 15.6 Å². The van der Waals surface area contributed by atoms with Crippen LogP contribution in [0, 0.1) is 0 Å². The summed E-state index contributed by atoms with van der Waals surface area (Å²) in [6.45, 7) is 9.95. The molecule has 1 aliphatic heterocycles. The Kier molecular flexibility index (Phi) is 5.36. The van der Waals surface area contributed by atoms with Gasteiger partial charge in [-0.2, -0.15) is 0 Å². The van der Waals surface area contributed by atoms with Crippen molar-refractivity contribution >= 4 is 23.2 Å². The van der Waals surface area contributed by atoms with Crippen molar-refractivity contribution in [2.24, 2.45) is 0 Å². The summed E-state index contributed by atoms with van der Waals surface area (Å²) in [5.41, 5.74) is 1.11. The average molecular weight is 315 g/mol. The van der Waals surface area contributed by atoms with E-state index in [0.29, 0.717) is 0 Å². The summed E-state index contributed by atoms with van der Waals surface area (Å²) >= 11 is 12.6. The van der Waals surface area contributed by atoms with E-state index in [1.807, 2.05) is 18.2 Å². The molecule has 0 radical (unpaired) electrons.